The third-order valence-electron chi connectivity index (χ3n) is 1.81. The number of anilines is 3. The Hall–Kier alpha value is -1.68. The lowest BCUT2D eigenvalue weighted by molar-refractivity contribution is 1.10. The van der Waals surface area contributed by atoms with Crippen molar-refractivity contribution in [3.63, 3.8) is 0 Å². The van der Waals surface area contributed by atoms with Gasteiger partial charge in [0.15, 0.2) is 0 Å². The number of aromatic nitrogens is 2. The number of rotatable bonds is 2. The molecule has 2 rings (SSSR count). The molecule has 14 heavy (non-hydrogen) atoms. The molecule has 72 valence electrons. The Labute approximate surface area is 86.1 Å². The molecule has 4 nitrogen and oxygen atoms in total. The van der Waals surface area contributed by atoms with Crippen LogP contribution in [0.2, 0.25) is 5.02 Å². The van der Waals surface area contributed by atoms with Crippen molar-refractivity contribution in [3.8, 4) is 0 Å². The average molecular weight is 209 g/mol. The van der Waals surface area contributed by atoms with Gasteiger partial charge in [0.2, 0.25) is 0 Å². The van der Waals surface area contributed by atoms with E-state index in [1.54, 1.807) is 12.3 Å². The van der Waals surface area contributed by atoms with E-state index in [2.05, 4.69) is 15.5 Å². The van der Waals surface area contributed by atoms with Crippen LogP contribution < -0.4 is 11.1 Å². The predicted octanol–water partition coefficient (Wildman–Crippen LogP) is 2.39. The Balaban J connectivity index is 2.28. The first kappa shape index (κ1) is 8.90. The lowest BCUT2D eigenvalue weighted by atomic mass is 10.3. The molecule has 1 aromatic carbocycles. The van der Waals surface area contributed by atoms with E-state index >= 15 is 0 Å². The molecule has 0 aliphatic carbocycles. The highest BCUT2D eigenvalue weighted by Gasteiger charge is 2.03. The predicted molar refractivity (Wildman–Crippen MR) is 57.7 cm³/mol. The molecule has 4 N–H and O–H groups in total. The molecule has 0 fully saturated rings. The number of hydrogen-bond acceptors (Lipinski definition) is 3. The van der Waals surface area contributed by atoms with Crippen molar-refractivity contribution in [2.45, 2.75) is 0 Å². The van der Waals surface area contributed by atoms with Crippen molar-refractivity contribution in [2.75, 3.05) is 11.1 Å². The molecule has 0 amide bonds. The number of hydrogen-bond donors (Lipinski definition) is 3. The number of H-pyrrole nitrogens is 1. The minimum Gasteiger partial charge on any atom is -0.382 e. The fourth-order valence-corrected chi connectivity index (χ4v) is 1.29. The summed E-state index contributed by atoms with van der Waals surface area (Å²) in [4.78, 5) is 0. The van der Waals surface area contributed by atoms with Gasteiger partial charge in [0.1, 0.15) is 11.5 Å². The second kappa shape index (κ2) is 3.59. The molecule has 0 atom stereocenters. The van der Waals surface area contributed by atoms with Gasteiger partial charge < -0.3 is 11.1 Å². The van der Waals surface area contributed by atoms with E-state index in [1.165, 1.54) is 0 Å². The number of nitrogen functional groups attached to an aromatic ring is 1. The number of nitrogens with one attached hydrogen (secondary N) is 2. The van der Waals surface area contributed by atoms with Crippen LogP contribution in [0.1, 0.15) is 0 Å². The summed E-state index contributed by atoms with van der Waals surface area (Å²) < 4.78 is 0. The maximum atomic E-state index is 5.96. The van der Waals surface area contributed by atoms with Gasteiger partial charge in [-0.15, -0.1) is 0 Å². The lowest BCUT2D eigenvalue weighted by Crippen LogP contribution is -1.94. The normalized spacial score (nSPS) is 10.1. The van der Waals surface area contributed by atoms with Crippen LogP contribution in [0.5, 0.6) is 0 Å². The monoisotopic (exact) mass is 208 g/mol. The smallest absolute Gasteiger partial charge is 0.143 e. The largest absolute Gasteiger partial charge is 0.382 e. The van der Waals surface area contributed by atoms with Crippen LogP contribution in [0.3, 0.4) is 0 Å². The van der Waals surface area contributed by atoms with Crippen LogP contribution in [-0.2, 0) is 0 Å². The highest BCUT2D eigenvalue weighted by atomic mass is 35.5. The summed E-state index contributed by atoms with van der Waals surface area (Å²) >= 11 is 5.96. The van der Waals surface area contributed by atoms with E-state index < -0.39 is 0 Å². The molecule has 2 aromatic rings. The average Bonchev–Trinajstić information content (AvgIpc) is 2.56. The van der Waals surface area contributed by atoms with Crippen LogP contribution in [0.25, 0.3) is 0 Å². The van der Waals surface area contributed by atoms with Gasteiger partial charge in [0, 0.05) is 0 Å². The van der Waals surface area contributed by atoms with Gasteiger partial charge in [-0.25, -0.2) is 0 Å². The van der Waals surface area contributed by atoms with Gasteiger partial charge in [-0.05, 0) is 12.1 Å². The Bertz CT molecular complexity index is 438. The standard InChI is InChI=1S/C9H9ClN4/c10-6-3-1-2-4-7(6)13-8-5-12-14-9(8)11/h1-5,13H,(H3,11,12,14). The maximum Gasteiger partial charge on any atom is 0.143 e. The third-order valence-corrected chi connectivity index (χ3v) is 2.14. The number of benzene rings is 1. The molecule has 0 saturated carbocycles. The lowest BCUT2D eigenvalue weighted by Gasteiger charge is -2.05. The van der Waals surface area contributed by atoms with Crippen LogP contribution in [-0.4, -0.2) is 10.2 Å². The van der Waals surface area contributed by atoms with Crippen molar-refractivity contribution >= 4 is 28.8 Å². The van der Waals surface area contributed by atoms with E-state index in [9.17, 15) is 0 Å². The van der Waals surface area contributed by atoms with Crippen LogP contribution >= 0.6 is 11.6 Å². The minimum absolute atomic E-state index is 0.491. The molecule has 0 radical (unpaired) electrons. The zero-order valence-corrected chi connectivity index (χ0v) is 8.05. The number of nitrogens with zero attached hydrogens (tertiary/aromatic N) is 1. The first-order valence-corrected chi connectivity index (χ1v) is 4.45. The Morgan fingerprint density at radius 3 is 2.71 bits per heavy atom. The fraction of sp³-hybridized carbons (Fsp3) is 0. The molecule has 1 aromatic heterocycles. The Morgan fingerprint density at radius 2 is 2.07 bits per heavy atom. The van der Waals surface area contributed by atoms with E-state index in [4.69, 9.17) is 17.3 Å². The molecule has 0 unspecified atom stereocenters. The van der Waals surface area contributed by atoms with Crippen molar-refractivity contribution in [1.82, 2.24) is 10.2 Å². The van der Waals surface area contributed by atoms with Crippen molar-refractivity contribution in [3.05, 3.63) is 35.5 Å². The Morgan fingerprint density at radius 1 is 1.29 bits per heavy atom. The van der Waals surface area contributed by atoms with Gasteiger partial charge in [-0.3, -0.25) is 5.10 Å². The molecular weight excluding hydrogens is 200 g/mol. The maximum absolute atomic E-state index is 5.96. The second-order valence-corrected chi connectivity index (χ2v) is 3.21. The van der Waals surface area contributed by atoms with Gasteiger partial charge in [0.05, 0.1) is 16.9 Å². The van der Waals surface area contributed by atoms with Gasteiger partial charge >= 0.3 is 0 Å². The molecule has 0 bridgehead atoms. The van der Waals surface area contributed by atoms with Gasteiger partial charge in [0.25, 0.3) is 0 Å². The molecular formula is C9H9ClN4. The number of aromatic amines is 1. The molecule has 0 spiro atoms. The minimum atomic E-state index is 0.491. The first-order valence-electron chi connectivity index (χ1n) is 4.08. The fourth-order valence-electron chi connectivity index (χ4n) is 1.10. The van der Waals surface area contributed by atoms with Gasteiger partial charge in [-0.1, -0.05) is 23.7 Å². The summed E-state index contributed by atoms with van der Waals surface area (Å²) in [6.07, 6.45) is 1.61. The topological polar surface area (TPSA) is 66.7 Å². The molecule has 0 saturated heterocycles. The Kier molecular flexibility index (Phi) is 2.28. The highest BCUT2D eigenvalue weighted by molar-refractivity contribution is 6.33. The first-order chi connectivity index (χ1) is 6.77. The van der Waals surface area contributed by atoms with Crippen LogP contribution in [0.15, 0.2) is 30.5 Å². The van der Waals surface area contributed by atoms with Gasteiger partial charge in [-0.2, -0.15) is 5.10 Å². The molecule has 1 heterocycles. The summed E-state index contributed by atoms with van der Waals surface area (Å²) in [5, 5.41) is 10.1. The third kappa shape index (κ3) is 1.65. The van der Waals surface area contributed by atoms with E-state index in [1.807, 2.05) is 18.2 Å². The molecule has 0 aliphatic rings. The van der Waals surface area contributed by atoms with Crippen LogP contribution in [0, 0.1) is 0 Å². The van der Waals surface area contributed by atoms with E-state index in [-0.39, 0.29) is 0 Å². The van der Waals surface area contributed by atoms with Crippen molar-refractivity contribution in [2.24, 2.45) is 0 Å². The van der Waals surface area contributed by atoms with E-state index in [0.717, 1.165) is 11.4 Å². The number of para-hydroxylation sites is 1. The summed E-state index contributed by atoms with van der Waals surface area (Å²) in [5.41, 5.74) is 7.14. The quantitative estimate of drug-likeness (QED) is 0.710. The van der Waals surface area contributed by atoms with Crippen molar-refractivity contribution in [1.29, 1.82) is 0 Å². The summed E-state index contributed by atoms with van der Waals surface area (Å²) in [6, 6.07) is 7.44. The SMILES string of the molecule is Nc1[nH]ncc1Nc1ccccc1Cl. The summed E-state index contributed by atoms with van der Waals surface area (Å²) in [5.74, 6) is 0.491. The summed E-state index contributed by atoms with van der Waals surface area (Å²) in [7, 11) is 0. The molecule has 0 aliphatic heterocycles. The van der Waals surface area contributed by atoms with Crippen LogP contribution in [0.4, 0.5) is 17.2 Å². The zero-order chi connectivity index (χ0) is 9.97. The van der Waals surface area contributed by atoms with Crippen molar-refractivity contribution < 1.29 is 0 Å². The number of halogens is 1. The number of nitrogens with two attached hydrogens (primary N) is 1. The highest BCUT2D eigenvalue weighted by Crippen LogP contribution is 2.26. The van der Waals surface area contributed by atoms with E-state index in [0.29, 0.717) is 10.8 Å². The second-order valence-electron chi connectivity index (χ2n) is 2.80. The zero-order valence-electron chi connectivity index (χ0n) is 7.29. The summed E-state index contributed by atoms with van der Waals surface area (Å²) in [6.45, 7) is 0. The molecule has 5 heteroatoms.